The maximum Gasteiger partial charge on any atom is 0.343 e. The van der Waals surface area contributed by atoms with Gasteiger partial charge >= 0.3 is 11.9 Å². The van der Waals surface area contributed by atoms with Gasteiger partial charge in [-0.1, -0.05) is 12.1 Å². The van der Waals surface area contributed by atoms with Crippen molar-refractivity contribution in [1.82, 2.24) is 0 Å². The summed E-state index contributed by atoms with van der Waals surface area (Å²) in [5.74, 6) is -1.33. The first kappa shape index (κ1) is 20.1. The lowest BCUT2D eigenvalue weighted by molar-refractivity contribution is -0.385. The Morgan fingerprint density at radius 2 is 1.00 bits per heavy atom. The Balaban J connectivity index is 1.66. The molecule has 10 heteroatoms. The summed E-state index contributed by atoms with van der Waals surface area (Å²) in [4.78, 5) is 44.6. The number of nitrogens with zero attached hydrogens (tertiary/aromatic N) is 2. The Morgan fingerprint density at radius 3 is 1.33 bits per heavy atom. The van der Waals surface area contributed by atoms with Crippen LogP contribution in [-0.2, 0) is 0 Å². The van der Waals surface area contributed by atoms with Crippen LogP contribution in [0.3, 0.4) is 0 Å². The van der Waals surface area contributed by atoms with Crippen LogP contribution in [0.15, 0.2) is 72.8 Å². The predicted molar refractivity (Wildman–Crippen MR) is 103 cm³/mol. The largest absolute Gasteiger partial charge is 0.423 e. The summed E-state index contributed by atoms with van der Waals surface area (Å²) >= 11 is 0. The molecule has 0 aromatic heterocycles. The maximum absolute atomic E-state index is 12.1. The lowest BCUT2D eigenvalue weighted by atomic mass is 10.2. The monoisotopic (exact) mass is 408 g/mol. The molecule has 0 amide bonds. The van der Waals surface area contributed by atoms with E-state index < -0.39 is 21.8 Å². The van der Waals surface area contributed by atoms with E-state index in [2.05, 4.69) is 0 Å². The second-order valence-corrected chi connectivity index (χ2v) is 5.87. The van der Waals surface area contributed by atoms with Crippen molar-refractivity contribution in [2.45, 2.75) is 0 Å². The molecule has 0 bridgehead atoms. The van der Waals surface area contributed by atoms with Gasteiger partial charge in [-0.2, -0.15) is 0 Å². The van der Waals surface area contributed by atoms with E-state index in [4.69, 9.17) is 9.47 Å². The highest BCUT2D eigenvalue weighted by Gasteiger charge is 2.15. The molecule has 0 aliphatic heterocycles. The van der Waals surface area contributed by atoms with Gasteiger partial charge in [-0.25, -0.2) is 9.59 Å². The number of carbonyl (C=O) groups excluding carboxylic acids is 2. The average Bonchev–Trinajstić information content (AvgIpc) is 2.75. The van der Waals surface area contributed by atoms with Crippen LogP contribution >= 0.6 is 0 Å². The summed E-state index contributed by atoms with van der Waals surface area (Å²) in [7, 11) is 0. The second kappa shape index (κ2) is 8.61. The highest BCUT2D eigenvalue weighted by Crippen LogP contribution is 2.21. The fourth-order valence-corrected chi connectivity index (χ4v) is 2.40. The standard InChI is InChI=1S/C20H12N2O8/c23-19(13-3-1-5-15(11-13)21(25)26)29-17-7-9-18(10-8-17)30-20(24)14-4-2-6-16(12-14)22(27)28/h1-12H. The van der Waals surface area contributed by atoms with Crippen LogP contribution in [0.5, 0.6) is 11.5 Å². The second-order valence-electron chi connectivity index (χ2n) is 5.87. The summed E-state index contributed by atoms with van der Waals surface area (Å²) in [6.07, 6.45) is 0. The predicted octanol–water partition coefficient (Wildman–Crippen LogP) is 3.94. The summed E-state index contributed by atoms with van der Waals surface area (Å²) in [6, 6.07) is 15.6. The van der Waals surface area contributed by atoms with Gasteiger partial charge in [-0.3, -0.25) is 20.2 Å². The minimum Gasteiger partial charge on any atom is -0.423 e. The van der Waals surface area contributed by atoms with E-state index in [1.807, 2.05) is 0 Å². The van der Waals surface area contributed by atoms with Crippen LogP contribution < -0.4 is 9.47 Å². The van der Waals surface area contributed by atoms with E-state index in [-0.39, 0.29) is 34.0 Å². The van der Waals surface area contributed by atoms with E-state index in [1.54, 1.807) is 0 Å². The molecule has 0 N–H and O–H groups in total. The minimum absolute atomic E-state index is 0.00498. The van der Waals surface area contributed by atoms with Gasteiger partial charge < -0.3 is 9.47 Å². The molecule has 0 aliphatic carbocycles. The number of non-ortho nitro benzene ring substituents is 2. The molecule has 10 nitrogen and oxygen atoms in total. The molecule has 3 rings (SSSR count). The normalized spacial score (nSPS) is 10.1. The van der Waals surface area contributed by atoms with Crippen LogP contribution in [0.25, 0.3) is 0 Å². The third-order valence-electron chi connectivity index (χ3n) is 3.83. The summed E-state index contributed by atoms with van der Waals surface area (Å²) in [5.41, 5.74) is -0.475. The van der Waals surface area contributed by atoms with Crippen LogP contribution in [0, 0.1) is 20.2 Å². The van der Waals surface area contributed by atoms with Gasteiger partial charge in [0.25, 0.3) is 11.4 Å². The number of esters is 2. The number of benzene rings is 3. The van der Waals surface area contributed by atoms with Gasteiger partial charge in [-0.05, 0) is 36.4 Å². The quantitative estimate of drug-likeness (QED) is 0.259. The van der Waals surface area contributed by atoms with Gasteiger partial charge in [0.2, 0.25) is 0 Å². The molecule has 0 heterocycles. The number of hydrogen-bond donors (Lipinski definition) is 0. The Kier molecular flexibility index (Phi) is 5.78. The van der Waals surface area contributed by atoms with Gasteiger partial charge in [0.1, 0.15) is 11.5 Å². The average molecular weight is 408 g/mol. The third-order valence-corrected chi connectivity index (χ3v) is 3.83. The Hall–Kier alpha value is -4.60. The van der Waals surface area contributed by atoms with Crippen LogP contribution in [0.4, 0.5) is 11.4 Å². The van der Waals surface area contributed by atoms with E-state index in [9.17, 15) is 29.8 Å². The zero-order valence-corrected chi connectivity index (χ0v) is 15.1. The maximum atomic E-state index is 12.1. The topological polar surface area (TPSA) is 139 Å². The molecule has 0 saturated carbocycles. The van der Waals surface area contributed by atoms with Crippen molar-refractivity contribution in [3.63, 3.8) is 0 Å². The SMILES string of the molecule is O=C(Oc1ccc(OC(=O)c2cccc([N+](=O)[O-])c2)cc1)c1cccc([N+](=O)[O-])c1. The molecule has 0 radical (unpaired) electrons. The molecular formula is C20H12N2O8. The number of nitro benzene ring substituents is 2. The molecule has 30 heavy (non-hydrogen) atoms. The van der Waals surface area contributed by atoms with Gasteiger partial charge in [0, 0.05) is 24.3 Å². The lowest BCUT2D eigenvalue weighted by Gasteiger charge is -2.07. The minimum atomic E-state index is -0.792. The molecule has 0 fully saturated rings. The summed E-state index contributed by atoms with van der Waals surface area (Å²) in [5, 5.41) is 21.6. The van der Waals surface area contributed by atoms with Crippen molar-refractivity contribution >= 4 is 23.3 Å². The van der Waals surface area contributed by atoms with Gasteiger partial charge in [0.05, 0.1) is 21.0 Å². The molecule has 3 aromatic rings. The molecule has 150 valence electrons. The van der Waals surface area contributed by atoms with E-state index >= 15 is 0 Å². The van der Waals surface area contributed by atoms with E-state index in [1.165, 1.54) is 60.7 Å². The van der Waals surface area contributed by atoms with Crippen LogP contribution in [-0.4, -0.2) is 21.8 Å². The molecule has 0 atom stereocenters. The zero-order valence-electron chi connectivity index (χ0n) is 15.1. The van der Waals surface area contributed by atoms with E-state index in [0.29, 0.717) is 0 Å². The van der Waals surface area contributed by atoms with Crippen molar-refractivity contribution in [2.75, 3.05) is 0 Å². The fraction of sp³-hybridized carbons (Fsp3) is 0. The molecule has 3 aromatic carbocycles. The van der Waals surface area contributed by atoms with Crippen LogP contribution in [0.2, 0.25) is 0 Å². The van der Waals surface area contributed by atoms with Crippen molar-refractivity contribution in [2.24, 2.45) is 0 Å². The third kappa shape index (κ3) is 4.81. The zero-order chi connectivity index (χ0) is 21.7. The number of nitro groups is 2. The highest BCUT2D eigenvalue weighted by molar-refractivity contribution is 5.92. The first-order valence-electron chi connectivity index (χ1n) is 8.37. The number of rotatable bonds is 6. The first-order chi connectivity index (χ1) is 14.3. The number of hydrogen-bond acceptors (Lipinski definition) is 8. The lowest BCUT2D eigenvalue weighted by Crippen LogP contribution is -2.10. The molecule has 0 unspecified atom stereocenters. The Bertz CT molecular complexity index is 1050. The van der Waals surface area contributed by atoms with Crippen molar-refractivity contribution in [3.8, 4) is 11.5 Å². The van der Waals surface area contributed by atoms with Crippen molar-refractivity contribution in [1.29, 1.82) is 0 Å². The summed E-state index contributed by atoms with van der Waals surface area (Å²) < 4.78 is 10.3. The molecule has 0 saturated heterocycles. The Morgan fingerprint density at radius 1 is 0.633 bits per heavy atom. The van der Waals surface area contributed by atoms with Gasteiger partial charge in [0.15, 0.2) is 0 Å². The number of carbonyl (C=O) groups is 2. The molecular weight excluding hydrogens is 396 g/mol. The first-order valence-corrected chi connectivity index (χ1v) is 8.37. The summed E-state index contributed by atoms with van der Waals surface area (Å²) in [6.45, 7) is 0. The Labute approximate surface area is 168 Å². The van der Waals surface area contributed by atoms with Crippen molar-refractivity contribution < 1.29 is 28.9 Å². The molecule has 0 aliphatic rings. The fourth-order valence-electron chi connectivity index (χ4n) is 2.40. The number of ether oxygens (including phenoxy) is 2. The smallest absolute Gasteiger partial charge is 0.343 e. The van der Waals surface area contributed by atoms with Gasteiger partial charge in [-0.15, -0.1) is 0 Å². The molecule has 0 spiro atoms. The van der Waals surface area contributed by atoms with Crippen LogP contribution in [0.1, 0.15) is 20.7 Å². The van der Waals surface area contributed by atoms with Crippen molar-refractivity contribution in [3.05, 3.63) is 104 Å². The van der Waals surface area contributed by atoms with E-state index in [0.717, 1.165) is 12.1 Å². The highest BCUT2D eigenvalue weighted by atomic mass is 16.6.